The second-order valence-electron chi connectivity index (χ2n) is 5.79. The van der Waals surface area contributed by atoms with E-state index in [4.69, 9.17) is 0 Å². The van der Waals surface area contributed by atoms with E-state index in [0.29, 0.717) is 12.1 Å². The Morgan fingerprint density at radius 3 is 2.62 bits per heavy atom. The van der Waals surface area contributed by atoms with Crippen LogP contribution in [0.25, 0.3) is 11.4 Å². The summed E-state index contributed by atoms with van der Waals surface area (Å²) in [6.07, 6.45) is 3.60. The predicted molar refractivity (Wildman–Crippen MR) is 90.3 cm³/mol. The first-order valence-corrected chi connectivity index (χ1v) is 7.79. The number of rotatable bonds is 5. The molecule has 0 unspecified atom stereocenters. The fourth-order valence-electron chi connectivity index (χ4n) is 2.58. The van der Waals surface area contributed by atoms with Crippen molar-refractivity contribution in [3.8, 4) is 11.4 Å². The van der Waals surface area contributed by atoms with Gasteiger partial charge in [-0.3, -0.25) is 9.48 Å². The van der Waals surface area contributed by atoms with Crippen molar-refractivity contribution in [3.63, 3.8) is 0 Å². The third-order valence-electron chi connectivity index (χ3n) is 3.67. The van der Waals surface area contributed by atoms with Crippen molar-refractivity contribution in [2.75, 3.05) is 0 Å². The number of aryl methyl sites for hydroxylation is 2. The molecule has 24 heavy (non-hydrogen) atoms. The van der Waals surface area contributed by atoms with Gasteiger partial charge in [0.2, 0.25) is 0 Å². The van der Waals surface area contributed by atoms with Crippen molar-refractivity contribution < 1.29 is 4.79 Å². The fourth-order valence-corrected chi connectivity index (χ4v) is 2.58. The number of benzene rings is 1. The lowest BCUT2D eigenvalue weighted by atomic mass is 10.1. The van der Waals surface area contributed by atoms with Crippen molar-refractivity contribution in [1.29, 1.82) is 0 Å². The molecule has 1 aromatic carbocycles. The Morgan fingerprint density at radius 1 is 1.29 bits per heavy atom. The maximum Gasteiger partial charge on any atom is 0.251 e. The Morgan fingerprint density at radius 2 is 2.04 bits per heavy atom. The van der Waals surface area contributed by atoms with Crippen LogP contribution >= 0.6 is 0 Å². The number of hydrogen-bond acceptors (Lipinski definition) is 4. The van der Waals surface area contributed by atoms with Crippen LogP contribution in [0, 0.1) is 6.92 Å². The predicted octanol–water partition coefficient (Wildman–Crippen LogP) is 1.81. The van der Waals surface area contributed by atoms with Gasteiger partial charge in [-0.05, 0) is 32.0 Å². The molecule has 0 aliphatic carbocycles. The zero-order valence-corrected chi connectivity index (χ0v) is 14.0. The van der Waals surface area contributed by atoms with E-state index in [0.717, 1.165) is 17.2 Å². The largest absolute Gasteiger partial charge is 0.348 e. The highest BCUT2D eigenvalue weighted by atomic mass is 16.1. The molecule has 2 aromatic heterocycles. The molecule has 0 aliphatic rings. The summed E-state index contributed by atoms with van der Waals surface area (Å²) in [5, 5.41) is 11.4. The Kier molecular flexibility index (Phi) is 4.41. The van der Waals surface area contributed by atoms with E-state index >= 15 is 0 Å². The zero-order valence-electron chi connectivity index (χ0n) is 14.0. The lowest BCUT2D eigenvalue weighted by Crippen LogP contribution is -2.35. The summed E-state index contributed by atoms with van der Waals surface area (Å²) in [7, 11) is 1.85. The molecule has 2 heterocycles. The van der Waals surface area contributed by atoms with Gasteiger partial charge in [0, 0.05) is 36.6 Å². The van der Waals surface area contributed by atoms with Crippen molar-refractivity contribution in [1.82, 2.24) is 29.9 Å². The van der Waals surface area contributed by atoms with Crippen LogP contribution in [0.2, 0.25) is 0 Å². The van der Waals surface area contributed by atoms with Crippen molar-refractivity contribution >= 4 is 5.91 Å². The first kappa shape index (κ1) is 15.9. The molecule has 3 aromatic rings. The number of hydrogen-bond donors (Lipinski definition) is 1. The maximum atomic E-state index is 12.3. The summed E-state index contributed by atoms with van der Waals surface area (Å²) in [6.45, 7) is 4.44. The molecule has 0 saturated carbocycles. The summed E-state index contributed by atoms with van der Waals surface area (Å²) in [5.74, 6) is 1.41. The van der Waals surface area contributed by atoms with Crippen molar-refractivity contribution in [3.05, 3.63) is 54.1 Å². The fraction of sp³-hybridized carbons (Fsp3) is 0.294. The van der Waals surface area contributed by atoms with Crippen molar-refractivity contribution in [2.45, 2.75) is 26.4 Å². The number of amides is 1. The minimum Gasteiger partial charge on any atom is -0.348 e. The van der Waals surface area contributed by atoms with E-state index in [-0.39, 0.29) is 11.9 Å². The highest BCUT2D eigenvalue weighted by Gasteiger charge is 2.12. The van der Waals surface area contributed by atoms with Gasteiger partial charge < -0.3 is 5.32 Å². The standard InChI is InChI=1S/C17H20N6O/c1-12(11-23-10-4-9-18-23)19-17(24)15-7-5-14(6-8-15)16-20-13(2)21-22(16)3/h4-10,12H,11H2,1-3H3,(H,19,24)/t12-/m1/s1. The normalized spacial score (nSPS) is 12.1. The van der Waals surface area contributed by atoms with Crippen LogP contribution in [0.1, 0.15) is 23.1 Å². The van der Waals surface area contributed by atoms with Crippen LogP contribution in [0.4, 0.5) is 0 Å². The van der Waals surface area contributed by atoms with Gasteiger partial charge >= 0.3 is 0 Å². The van der Waals surface area contributed by atoms with Gasteiger partial charge in [-0.1, -0.05) is 12.1 Å². The number of carbonyl (C=O) groups excluding carboxylic acids is 1. The molecule has 7 nitrogen and oxygen atoms in total. The lowest BCUT2D eigenvalue weighted by molar-refractivity contribution is 0.0936. The third kappa shape index (κ3) is 3.51. The Labute approximate surface area is 140 Å². The quantitative estimate of drug-likeness (QED) is 0.776. The summed E-state index contributed by atoms with van der Waals surface area (Å²) in [6, 6.07) is 9.22. The zero-order chi connectivity index (χ0) is 17.1. The first-order valence-electron chi connectivity index (χ1n) is 7.79. The Bertz CT molecular complexity index is 819. The SMILES string of the molecule is Cc1nc(-c2ccc(C(=O)N[C@H](C)Cn3cccn3)cc2)n(C)n1. The van der Waals surface area contributed by atoms with Crippen LogP contribution < -0.4 is 5.32 Å². The van der Waals surface area contributed by atoms with E-state index in [1.54, 1.807) is 27.7 Å². The van der Waals surface area contributed by atoms with Crippen LogP contribution in [0.5, 0.6) is 0 Å². The van der Waals surface area contributed by atoms with Crippen molar-refractivity contribution in [2.24, 2.45) is 7.05 Å². The minimum atomic E-state index is -0.102. The molecular formula is C17H20N6O. The van der Waals surface area contributed by atoms with E-state index in [9.17, 15) is 4.79 Å². The molecule has 0 aliphatic heterocycles. The monoisotopic (exact) mass is 324 g/mol. The third-order valence-corrected chi connectivity index (χ3v) is 3.67. The lowest BCUT2D eigenvalue weighted by Gasteiger charge is -2.14. The first-order chi connectivity index (χ1) is 11.5. The summed E-state index contributed by atoms with van der Waals surface area (Å²) in [4.78, 5) is 16.7. The molecule has 0 spiro atoms. The molecule has 0 radical (unpaired) electrons. The molecule has 1 amide bonds. The molecule has 124 valence electrons. The van der Waals surface area contributed by atoms with Gasteiger partial charge in [0.05, 0.1) is 6.54 Å². The van der Waals surface area contributed by atoms with Gasteiger partial charge in [0.15, 0.2) is 5.82 Å². The molecule has 0 saturated heterocycles. The number of nitrogens with zero attached hydrogens (tertiary/aromatic N) is 5. The minimum absolute atomic E-state index is 0.0153. The molecule has 1 atom stereocenters. The maximum absolute atomic E-state index is 12.3. The van der Waals surface area contributed by atoms with E-state index in [1.807, 2.05) is 45.3 Å². The number of aromatic nitrogens is 5. The Hall–Kier alpha value is -2.96. The van der Waals surface area contributed by atoms with Crippen LogP contribution in [-0.4, -0.2) is 36.5 Å². The second-order valence-corrected chi connectivity index (χ2v) is 5.79. The highest BCUT2D eigenvalue weighted by Crippen LogP contribution is 2.17. The molecule has 0 fully saturated rings. The summed E-state index contributed by atoms with van der Waals surface area (Å²) < 4.78 is 3.53. The van der Waals surface area contributed by atoms with Gasteiger partial charge in [0.1, 0.15) is 5.82 Å². The topological polar surface area (TPSA) is 77.6 Å². The smallest absolute Gasteiger partial charge is 0.251 e. The number of nitrogens with one attached hydrogen (secondary N) is 1. The Balaban J connectivity index is 1.66. The summed E-state index contributed by atoms with van der Waals surface area (Å²) >= 11 is 0. The molecule has 3 rings (SSSR count). The molecule has 1 N–H and O–H groups in total. The molecular weight excluding hydrogens is 304 g/mol. The van der Waals surface area contributed by atoms with Gasteiger partial charge in [0.25, 0.3) is 5.91 Å². The van der Waals surface area contributed by atoms with E-state index in [2.05, 4.69) is 20.5 Å². The average molecular weight is 324 g/mol. The molecule has 0 bridgehead atoms. The van der Waals surface area contributed by atoms with Gasteiger partial charge in [-0.25, -0.2) is 9.67 Å². The molecule has 7 heteroatoms. The van der Waals surface area contributed by atoms with Gasteiger partial charge in [-0.2, -0.15) is 10.2 Å². The number of carbonyl (C=O) groups is 1. The van der Waals surface area contributed by atoms with Crippen LogP contribution in [0.3, 0.4) is 0 Å². The highest BCUT2D eigenvalue weighted by molar-refractivity contribution is 5.94. The van der Waals surface area contributed by atoms with Crippen LogP contribution in [0.15, 0.2) is 42.7 Å². The summed E-state index contributed by atoms with van der Waals surface area (Å²) in [5.41, 5.74) is 1.55. The average Bonchev–Trinajstić information content (AvgIpc) is 3.16. The van der Waals surface area contributed by atoms with Gasteiger partial charge in [-0.15, -0.1) is 0 Å². The van der Waals surface area contributed by atoms with E-state index < -0.39 is 0 Å². The van der Waals surface area contributed by atoms with E-state index in [1.165, 1.54) is 0 Å². The second kappa shape index (κ2) is 6.66. The van der Waals surface area contributed by atoms with Crippen LogP contribution in [-0.2, 0) is 13.6 Å².